The van der Waals surface area contributed by atoms with Crippen LogP contribution in [0.4, 0.5) is 0 Å². The van der Waals surface area contributed by atoms with E-state index in [-0.39, 0.29) is 11.3 Å². The van der Waals surface area contributed by atoms with Gasteiger partial charge >= 0.3 is 0 Å². The molecule has 0 spiro atoms. The third-order valence-corrected chi connectivity index (χ3v) is 6.58. The smallest absolute Gasteiger partial charge is 0.248 e. The van der Waals surface area contributed by atoms with E-state index < -0.39 is 5.91 Å². The fourth-order valence-electron chi connectivity index (χ4n) is 4.34. The van der Waals surface area contributed by atoms with Gasteiger partial charge in [0.1, 0.15) is 0 Å². The molecule has 5 heteroatoms. The summed E-state index contributed by atoms with van der Waals surface area (Å²) in [7, 11) is 0. The van der Waals surface area contributed by atoms with Gasteiger partial charge in [0.15, 0.2) is 0 Å². The maximum atomic E-state index is 12.9. The van der Waals surface area contributed by atoms with Crippen molar-refractivity contribution >= 4 is 11.8 Å². The summed E-state index contributed by atoms with van der Waals surface area (Å²) in [6.07, 6.45) is 4.91. The van der Waals surface area contributed by atoms with Crippen LogP contribution in [0, 0.1) is 5.92 Å². The molecular weight excluding hydrogens is 314 g/mol. The van der Waals surface area contributed by atoms with E-state index >= 15 is 0 Å². The van der Waals surface area contributed by atoms with Crippen molar-refractivity contribution in [2.24, 2.45) is 11.7 Å². The van der Waals surface area contributed by atoms with Crippen molar-refractivity contribution < 1.29 is 9.59 Å². The van der Waals surface area contributed by atoms with Gasteiger partial charge in [-0.25, -0.2) is 0 Å². The Kier molecular flexibility index (Phi) is 4.07. The molecule has 1 aromatic carbocycles. The zero-order chi connectivity index (χ0) is 17.6. The number of primary amides is 1. The Morgan fingerprint density at radius 3 is 2.24 bits per heavy atom. The molecule has 1 heterocycles. The topological polar surface area (TPSA) is 66.6 Å². The maximum Gasteiger partial charge on any atom is 0.248 e. The van der Waals surface area contributed by atoms with E-state index in [1.165, 1.54) is 19.3 Å². The first-order chi connectivity index (χ1) is 12.0. The number of carbonyl (C=O) groups excluding carboxylic acids is 2. The highest BCUT2D eigenvalue weighted by atomic mass is 16.2. The largest absolute Gasteiger partial charge is 0.366 e. The molecule has 3 fully saturated rings. The van der Waals surface area contributed by atoms with Crippen LogP contribution >= 0.6 is 0 Å². The van der Waals surface area contributed by atoms with Gasteiger partial charge in [-0.05, 0) is 37.0 Å². The van der Waals surface area contributed by atoms with Gasteiger partial charge in [-0.15, -0.1) is 0 Å². The molecule has 25 heavy (non-hydrogen) atoms. The van der Waals surface area contributed by atoms with E-state index in [2.05, 4.69) is 16.7 Å². The number of hydrogen-bond acceptors (Lipinski definition) is 3. The van der Waals surface area contributed by atoms with E-state index in [9.17, 15) is 9.59 Å². The molecular formula is C20H27N3O2. The van der Waals surface area contributed by atoms with Gasteiger partial charge in [-0.3, -0.25) is 14.5 Å². The molecule has 3 aliphatic rings. The molecule has 2 amide bonds. The first-order valence-electron chi connectivity index (χ1n) is 9.42. The Balaban J connectivity index is 1.36. The first-order valence-corrected chi connectivity index (χ1v) is 9.42. The second-order valence-electron chi connectivity index (χ2n) is 8.06. The van der Waals surface area contributed by atoms with Crippen molar-refractivity contribution in [3.63, 3.8) is 0 Å². The Bertz CT molecular complexity index is 675. The summed E-state index contributed by atoms with van der Waals surface area (Å²) in [5.41, 5.74) is 6.85. The molecule has 134 valence electrons. The number of rotatable bonds is 4. The maximum absolute atomic E-state index is 12.9. The van der Waals surface area contributed by atoms with Crippen LogP contribution in [0.25, 0.3) is 0 Å². The van der Waals surface area contributed by atoms with E-state index in [4.69, 9.17) is 5.73 Å². The van der Waals surface area contributed by atoms with Gasteiger partial charge in [0.25, 0.3) is 0 Å². The van der Waals surface area contributed by atoms with Crippen molar-refractivity contribution in [3.8, 4) is 0 Å². The molecule has 1 saturated heterocycles. The SMILES string of the molecule is CC1(c2ccc(C(N)=O)cc2)CC1C(=O)N1CCN(C2CCC2)CC1. The second kappa shape index (κ2) is 6.13. The van der Waals surface area contributed by atoms with Crippen LogP contribution in [-0.2, 0) is 10.2 Å². The van der Waals surface area contributed by atoms with Crippen molar-refractivity contribution in [3.05, 3.63) is 35.4 Å². The normalized spacial score (nSPS) is 30.0. The summed E-state index contributed by atoms with van der Waals surface area (Å²) in [5, 5.41) is 0. The molecule has 2 unspecified atom stereocenters. The summed E-state index contributed by atoms with van der Waals surface area (Å²) in [6.45, 7) is 5.92. The van der Waals surface area contributed by atoms with Gasteiger partial charge in [0.05, 0.1) is 0 Å². The number of piperazine rings is 1. The number of benzene rings is 1. The summed E-state index contributed by atoms with van der Waals surface area (Å²) >= 11 is 0. The van der Waals surface area contributed by atoms with Crippen LogP contribution in [-0.4, -0.2) is 53.8 Å². The quantitative estimate of drug-likeness (QED) is 0.907. The van der Waals surface area contributed by atoms with Crippen molar-refractivity contribution in [1.29, 1.82) is 0 Å². The standard InChI is InChI=1S/C20H27N3O2/c1-20(15-7-5-14(6-8-15)18(21)24)13-17(20)19(25)23-11-9-22(10-12-23)16-3-2-4-16/h5-8,16-17H,2-4,9-13H2,1H3,(H2,21,24). The Morgan fingerprint density at radius 2 is 1.72 bits per heavy atom. The zero-order valence-electron chi connectivity index (χ0n) is 14.9. The summed E-state index contributed by atoms with van der Waals surface area (Å²) < 4.78 is 0. The lowest BCUT2D eigenvalue weighted by Gasteiger charge is -2.43. The molecule has 4 rings (SSSR count). The van der Waals surface area contributed by atoms with Crippen molar-refractivity contribution in [1.82, 2.24) is 9.80 Å². The molecule has 2 atom stereocenters. The number of nitrogens with two attached hydrogens (primary N) is 1. The van der Waals surface area contributed by atoms with E-state index in [0.29, 0.717) is 11.5 Å². The van der Waals surface area contributed by atoms with Gasteiger partial charge in [0, 0.05) is 49.1 Å². The third kappa shape index (κ3) is 2.95. The van der Waals surface area contributed by atoms with Crippen LogP contribution in [0.15, 0.2) is 24.3 Å². The molecule has 1 aromatic rings. The van der Waals surface area contributed by atoms with Gasteiger partial charge < -0.3 is 10.6 Å². The van der Waals surface area contributed by atoms with E-state index in [1.807, 2.05) is 12.1 Å². The second-order valence-corrected chi connectivity index (χ2v) is 8.06. The highest BCUT2D eigenvalue weighted by Gasteiger charge is 2.56. The minimum absolute atomic E-state index is 0.0715. The molecule has 2 saturated carbocycles. The first kappa shape index (κ1) is 16.6. The highest BCUT2D eigenvalue weighted by Crippen LogP contribution is 2.54. The fraction of sp³-hybridized carbons (Fsp3) is 0.600. The number of amides is 2. The van der Waals surface area contributed by atoms with Crippen LogP contribution in [0.2, 0.25) is 0 Å². The monoisotopic (exact) mass is 341 g/mol. The van der Waals surface area contributed by atoms with Crippen molar-refractivity contribution in [2.75, 3.05) is 26.2 Å². The lowest BCUT2D eigenvalue weighted by atomic mass is 9.91. The Morgan fingerprint density at radius 1 is 1.08 bits per heavy atom. The summed E-state index contributed by atoms with van der Waals surface area (Å²) in [6, 6.07) is 8.19. The van der Waals surface area contributed by atoms with Crippen LogP contribution in [0.3, 0.4) is 0 Å². The molecule has 1 aliphatic heterocycles. The Labute approximate surface area is 149 Å². The van der Waals surface area contributed by atoms with Gasteiger partial charge in [0.2, 0.25) is 11.8 Å². The number of carbonyl (C=O) groups is 2. The predicted octanol–water partition coefficient (Wildman–Crippen LogP) is 1.76. The molecule has 0 radical (unpaired) electrons. The minimum Gasteiger partial charge on any atom is -0.366 e. The fourth-order valence-corrected chi connectivity index (χ4v) is 4.34. The van der Waals surface area contributed by atoms with Crippen molar-refractivity contribution in [2.45, 2.75) is 44.1 Å². The van der Waals surface area contributed by atoms with E-state index in [1.54, 1.807) is 12.1 Å². The number of nitrogens with zero attached hydrogens (tertiary/aromatic N) is 2. The van der Waals surface area contributed by atoms with Crippen LogP contribution < -0.4 is 5.73 Å². The van der Waals surface area contributed by atoms with E-state index in [0.717, 1.165) is 44.2 Å². The predicted molar refractivity (Wildman–Crippen MR) is 96.2 cm³/mol. The Hall–Kier alpha value is -1.88. The zero-order valence-corrected chi connectivity index (χ0v) is 14.9. The summed E-state index contributed by atoms with van der Waals surface area (Å²) in [4.78, 5) is 28.7. The third-order valence-electron chi connectivity index (χ3n) is 6.58. The van der Waals surface area contributed by atoms with Gasteiger partial charge in [-0.1, -0.05) is 25.5 Å². The van der Waals surface area contributed by atoms with Gasteiger partial charge in [-0.2, -0.15) is 0 Å². The molecule has 0 bridgehead atoms. The van der Waals surface area contributed by atoms with Crippen LogP contribution in [0.1, 0.15) is 48.5 Å². The van der Waals surface area contributed by atoms with Crippen LogP contribution in [0.5, 0.6) is 0 Å². The number of hydrogen-bond donors (Lipinski definition) is 1. The lowest BCUT2D eigenvalue weighted by molar-refractivity contribution is -0.135. The highest BCUT2D eigenvalue weighted by molar-refractivity contribution is 5.92. The lowest BCUT2D eigenvalue weighted by Crippen LogP contribution is -2.54. The molecule has 5 nitrogen and oxygen atoms in total. The average Bonchev–Trinajstić information content (AvgIpc) is 3.27. The average molecular weight is 341 g/mol. The summed E-state index contributed by atoms with van der Waals surface area (Å²) in [5.74, 6) is -0.0404. The molecule has 2 N–H and O–H groups in total. The minimum atomic E-state index is -0.413. The molecule has 0 aromatic heterocycles. The molecule has 2 aliphatic carbocycles.